The van der Waals surface area contributed by atoms with Crippen LogP contribution in [0.1, 0.15) is 35.8 Å². The zero-order valence-corrected chi connectivity index (χ0v) is 11.7. The highest BCUT2D eigenvalue weighted by molar-refractivity contribution is 5.99. The Bertz CT molecular complexity index is 456. The third-order valence-corrected chi connectivity index (χ3v) is 3.42. The average molecular weight is 263 g/mol. The van der Waals surface area contributed by atoms with Crippen molar-refractivity contribution < 1.29 is 9.53 Å². The summed E-state index contributed by atoms with van der Waals surface area (Å²) in [7, 11) is 1.70. The van der Waals surface area contributed by atoms with Crippen molar-refractivity contribution in [2.45, 2.75) is 38.8 Å². The van der Waals surface area contributed by atoms with Gasteiger partial charge in [-0.15, -0.1) is 0 Å². The molecule has 1 amide bonds. The summed E-state index contributed by atoms with van der Waals surface area (Å²) < 4.78 is 5.21. The molecule has 104 valence electrons. The molecule has 1 aliphatic carbocycles. The second-order valence-corrected chi connectivity index (χ2v) is 4.90. The van der Waals surface area contributed by atoms with E-state index in [0.29, 0.717) is 5.56 Å². The first-order valence-electron chi connectivity index (χ1n) is 6.68. The maximum atomic E-state index is 12.2. The first kappa shape index (κ1) is 13.8. The summed E-state index contributed by atoms with van der Waals surface area (Å²) in [5, 5.41) is 6.22. The summed E-state index contributed by atoms with van der Waals surface area (Å²) in [4.78, 5) is 16.4. The van der Waals surface area contributed by atoms with Crippen LogP contribution in [0.25, 0.3) is 0 Å². The molecule has 1 fully saturated rings. The number of pyridine rings is 1. The molecule has 0 bridgehead atoms. The molecule has 1 saturated carbocycles. The Labute approximate surface area is 113 Å². The van der Waals surface area contributed by atoms with Gasteiger partial charge in [-0.2, -0.15) is 0 Å². The van der Waals surface area contributed by atoms with E-state index < -0.39 is 0 Å². The molecule has 1 aromatic heterocycles. The van der Waals surface area contributed by atoms with Crippen LogP contribution in [0.2, 0.25) is 0 Å². The van der Waals surface area contributed by atoms with Crippen LogP contribution in [0.3, 0.4) is 0 Å². The van der Waals surface area contributed by atoms with E-state index in [1.165, 1.54) is 0 Å². The van der Waals surface area contributed by atoms with Gasteiger partial charge >= 0.3 is 0 Å². The SMILES string of the molecule is CCNc1cc(C)ncc1C(=O)NC1CC(OC)C1. The minimum atomic E-state index is -0.0667. The van der Waals surface area contributed by atoms with E-state index in [0.717, 1.165) is 30.8 Å². The number of carbonyl (C=O) groups excluding carboxylic acids is 1. The summed E-state index contributed by atoms with van der Waals surface area (Å²) in [6.45, 7) is 4.70. The van der Waals surface area contributed by atoms with Gasteiger partial charge in [0, 0.05) is 31.6 Å². The molecule has 0 unspecified atom stereocenters. The number of anilines is 1. The predicted molar refractivity (Wildman–Crippen MR) is 74.4 cm³/mol. The van der Waals surface area contributed by atoms with E-state index in [-0.39, 0.29) is 18.1 Å². The largest absolute Gasteiger partial charge is 0.385 e. The predicted octanol–water partition coefficient (Wildman–Crippen LogP) is 1.73. The number of hydrogen-bond acceptors (Lipinski definition) is 4. The molecule has 0 atom stereocenters. The van der Waals surface area contributed by atoms with Gasteiger partial charge in [0.2, 0.25) is 0 Å². The van der Waals surface area contributed by atoms with Crippen LogP contribution in [0.15, 0.2) is 12.3 Å². The van der Waals surface area contributed by atoms with Crippen LogP contribution < -0.4 is 10.6 Å². The normalized spacial score (nSPS) is 21.6. The van der Waals surface area contributed by atoms with Crippen LogP contribution >= 0.6 is 0 Å². The quantitative estimate of drug-likeness (QED) is 0.849. The van der Waals surface area contributed by atoms with Crippen molar-refractivity contribution in [2.75, 3.05) is 19.0 Å². The van der Waals surface area contributed by atoms with Crippen molar-refractivity contribution in [1.82, 2.24) is 10.3 Å². The Hall–Kier alpha value is -1.62. The minimum Gasteiger partial charge on any atom is -0.385 e. The van der Waals surface area contributed by atoms with Gasteiger partial charge < -0.3 is 15.4 Å². The van der Waals surface area contributed by atoms with Crippen molar-refractivity contribution in [3.05, 3.63) is 23.5 Å². The highest BCUT2D eigenvalue weighted by atomic mass is 16.5. The summed E-state index contributed by atoms with van der Waals surface area (Å²) in [5.41, 5.74) is 2.35. The van der Waals surface area contributed by atoms with Gasteiger partial charge in [0.15, 0.2) is 0 Å². The molecule has 19 heavy (non-hydrogen) atoms. The number of methoxy groups -OCH3 is 1. The molecule has 5 heteroatoms. The molecule has 1 aliphatic rings. The second-order valence-electron chi connectivity index (χ2n) is 4.90. The Kier molecular flexibility index (Phi) is 4.37. The van der Waals surface area contributed by atoms with E-state index >= 15 is 0 Å². The highest BCUT2D eigenvalue weighted by Gasteiger charge is 2.30. The van der Waals surface area contributed by atoms with Gasteiger partial charge in [-0.25, -0.2) is 0 Å². The fraction of sp³-hybridized carbons (Fsp3) is 0.571. The number of aromatic nitrogens is 1. The molecule has 1 aromatic rings. The maximum absolute atomic E-state index is 12.2. The fourth-order valence-corrected chi connectivity index (χ4v) is 2.22. The first-order chi connectivity index (χ1) is 9.13. The molecule has 0 saturated heterocycles. The lowest BCUT2D eigenvalue weighted by atomic mass is 9.89. The first-order valence-corrected chi connectivity index (χ1v) is 6.68. The van der Waals surface area contributed by atoms with Crippen LogP contribution in [-0.2, 0) is 4.74 Å². The summed E-state index contributed by atoms with van der Waals surface area (Å²) in [6.07, 6.45) is 3.69. The van der Waals surface area contributed by atoms with Gasteiger partial charge in [-0.3, -0.25) is 9.78 Å². The summed E-state index contributed by atoms with van der Waals surface area (Å²) in [5.74, 6) is -0.0667. The van der Waals surface area contributed by atoms with Crippen molar-refractivity contribution in [3.63, 3.8) is 0 Å². The van der Waals surface area contributed by atoms with Gasteiger partial charge in [0.25, 0.3) is 5.91 Å². The Morgan fingerprint density at radius 2 is 2.26 bits per heavy atom. The molecular weight excluding hydrogens is 242 g/mol. The third-order valence-electron chi connectivity index (χ3n) is 3.42. The Morgan fingerprint density at radius 1 is 1.53 bits per heavy atom. The molecule has 1 heterocycles. The van der Waals surface area contributed by atoms with E-state index in [2.05, 4.69) is 15.6 Å². The summed E-state index contributed by atoms with van der Waals surface area (Å²) >= 11 is 0. The molecule has 2 N–H and O–H groups in total. The van der Waals surface area contributed by atoms with Crippen LogP contribution in [0, 0.1) is 6.92 Å². The van der Waals surface area contributed by atoms with Gasteiger partial charge in [0.1, 0.15) is 0 Å². The van der Waals surface area contributed by atoms with Crippen molar-refractivity contribution in [3.8, 4) is 0 Å². The second kappa shape index (κ2) is 6.02. The molecular formula is C14H21N3O2. The zero-order valence-electron chi connectivity index (χ0n) is 11.7. The van der Waals surface area contributed by atoms with Crippen molar-refractivity contribution in [2.24, 2.45) is 0 Å². The number of nitrogens with one attached hydrogen (secondary N) is 2. The van der Waals surface area contributed by atoms with Crippen LogP contribution in [0.5, 0.6) is 0 Å². The Balaban J connectivity index is 2.02. The molecule has 0 radical (unpaired) electrons. The summed E-state index contributed by atoms with van der Waals surface area (Å²) in [6, 6.07) is 2.12. The van der Waals surface area contributed by atoms with E-state index in [1.807, 2.05) is 19.9 Å². The topological polar surface area (TPSA) is 63.2 Å². The number of rotatable bonds is 5. The van der Waals surface area contributed by atoms with Crippen LogP contribution in [-0.4, -0.2) is 36.7 Å². The number of carbonyl (C=O) groups is 1. The molecule has 0 aliphatic heterocycles. The van der Waals surface area contributed by atoms with E-state index in [4.69, 9.17) is 4.74 Å². The van der Waals surface area contributed by atoms with Crippen molar-refractivity contribution in [1.29, 1.82) is 0 Å². The van der Waals surface area contributed by atoms with Gasteiger partial charge in [-0.1, -0.05) is 0 Å². The smallest absolute Gasteiger partial charge is 0.255 e. The maximum Gasteiger partial charge on any atom is 0.255 e. The van der Waals surface area contributed by atoms with E-state index in [1.54, 1.807) is 13.3 Å². The van der Waals surface area contributed by atoms with Gasteiger partial charge in [0.05, 0.1) is 17.4 Å². The minimum absolute atomic E-state index is 0.0667. The molecule has 2 rings (SSSR count). The number of aryl methyl sites for hydroxylation is 1. The molecule has 0 spiro atoms. The van der Waals surface area contributed by atoms with Crippen LogP contribution in [0.4, 0.5) is 5.69 Å². The third kappa shape index (κ3) is 3.23. The highest BCUT2D eigenvalue weighted by Crippen LogP contribution is 2.23. The molecule has 5 nitrogen and oxygen atoms in total. The lowest BCUT2D eigenvalue weighted by molar-refractivity contribution is 0.0176. The lowest BCUT2D eigenvalue weighted by Gasteiger charge is -2.34. The van der Waals surface area contributed by atoms with E-state index in [9.17, 15) is 4.79 Å². The van der Waals surface area contributed by atoms with Gasteiger partial charge in [-0.05, 0) is 32.8 Å². The number of ether oxygens (including phenoxy) is 1. The number of nitrogens with zero attached hydrogens (tertiary/aromatic N) is 1. The Morgan fingerprint density at radius 3 is 2.89 bits per heavy atom. The lowest BCUT2D eigenvalue weighted by Crippen LogP contribution is -2.47. The monoisotopic (exact) mass is 263 g/mol. The number of hydrogen-bond donors (Lipinski definition) is 2. The molecule has 0 aromatic carbocycles. The standard InChI is InChI=1S/C14H21N3O2/c1-4-15-13-5-9(2)16-8-12(13)14(18)17-10-6-11(7-10)19-3/h5,8,10-11H,4,6-7H2,1-3H3,(H,15,16)(H,17,18). The zero-order chi connectivity index (χ0) is 13.8. The number of amides is 1. The fourth-order valence-electron chi connectivity index (χ4n) is 2.22. The van der Waals surface area contributed by atoms with Crippen molar-refractivity contribution >= 4 is 11.6 Å². The average Bonchev–Trinajstić information content (AvgIpc) is 2.33.